The van der Waals surface area contributed by atoms with Crippen molar-refractivity contribution in [2.24, 2.45) is 0 Å². The van der Waals surface area contributed by atoms with Crippen LogP contribution in [-0.4, -0.2) is 40.6 Å². The summed E-state index contributed by atoms with van der Waals surface area (Å²) in [5.41, 5.74) is 0. The Morgan fingerprint density at radius 3 is 2.89 bits per heavy atom. The molecule has 1 saturated heterocycles. The summed E-state index contributed by atoms with van der Waals surface area (Å²) in [7, 11) is 0. The van der Waals surface area contributed by atoms with Crippen molar-refractivity contribution in [2.75, 3.05) is 19.6 Å². The van der Waals surface area contributed by atoms with Crippen molar-refractivity contribution < 1.29 is 14.3 Å². The van der Waals surface area contributed by atoms with Crippen LogP contribution < -0.4 is 0 Å². The first-order valence-corrected chi connectivity index (χ1v) is 6.57. The third kappa shape index (κ3) is 3.32. The summed E-state index contributed by atoms with van der Waals surface area (Å²) in [6, 6.07) is 0. The lowest BCUT2D eigenvalue weighted by molar-refractivity contribution is -0.137. The second-order valence-electron chi connectivity index (χ2n) is 4.77. The zero-order valence-corrected chi connectivity index (χ0v) is 10.8. The van der Waals surface area contributed by atoms with E-state index in [4.69, 9.17) is 9.52 Å². The van der Waals surface area contributed by atoms with E-state index in [1.807, 2.05) is 0 Å². The minimum absolute atomic E-state index is 0.100. The molecule has 5 nitrogen and oxygen atoms in total. The number of hydrogen-bond donors (Lipinski definition) is 1. The van der Waals surface area contributed by atoms with E-state index in [2.05, 4.69) is 16.8 Å². The summed E-state index contributed by atoms with van der Waals surface area (Å²) in [5, 5.41) is 8.62. The Bertz CT molecular complexity index is 395. The van der Waals surface area contributed by atoms with Crippen LogP contribution in [0.4, 0.5) is 0 Å². The Morgan fingerprint density at radius 1 is 1.56 bits per heavy atom. The van der Waals surface area contributed by atoms with E-state index in [-0.39, 0.29) is 6.42 Å². The van der Waals surface area contributed by atoms with Crippen molar-refractivity contribution in [2.45, 2.75) is 38.5 Å². The highest BCUT2D eigenvalue weighted by Gasteiger charge is 2.23. The molecule has 100 valence electrons. The summed E-state index contributed by atoms with van der Waals surface area (Å²) in [4.78, 5) is 17.2. The summed E-state index contributed by atoms with van der Waals surface area (Å²) in [5.74, 6) is 1.06. The van der Waals surface area contributed by atoms with Gasteiger partial charge in [0.15, 0.2) is 5.89 Å². The number of carboxylic acid groups (broad SMARTS) is 1. The molecule has 0 spiro atoms. The van der Waals surface area contributed by atoms with Crippen molar-refractivity contribution in [1.82, 2.24) is 9.88 Å². The zero-order valence-electron chi connectivity index (χ0n) is 10.8. The lowest BCUT2D eigenvalue weighted by Crippen LogP contribution is -2.32. The van der Waals surface area contributed by atoms with E-state index in [9.17, 15) is 4.79 Å². The van der Waals surface area contributed by atoms with Crippen LogP contribution in [0.2, 0.25) is 0 Å². The molecule has 1 fully saturated rings. The van der Waals surface area contributed by atoms with E-state index >= 15 is 0 Å². The van der Waals surface area contributed by atoms with E-state index in [1.165, 1.54) is 0 Å². The molecule has 1 N–H and O–H groups in total. The number of likely N-dealkylation sites (tertiary alicyclic amines) is 1. The average molecular weight is 252 g/mol. The number of hydrogen-bond acceptors (Lipinski definition) is 4. The van der Waals surface area contributed by atoms with E-state index < -0.39 is 5.97 Å². The molecule has 0 aliphatic carbocycles. The highest BCUT2D eigenvalue weighted by Crippen LogP contribution is 2.27. The van der Waals surface area contributed by atoms with Gasteiger partial charge < -0.3 is 14.4 Å². The molecule has 0 saturated carbocycles. The van der Waals surface area contributed by atoms with Gasteiger partial charge in [0, 0.05) is 12.3 Å². The molecular weight excluding hydrogens is 232 g/mol. The Labute approximate surface area is 107 Å². The van der Waals surface area contributed by atoms with Gasteiger partial charge >= 0.3 is 5.97 Å². The van der Waals surface area contributed by atoms with Crippen molar-refractivity contribution >= 4 is 5.97 Å². The fourth-order valence-electron chi connectivity index (χ4n) is 2.35. The molecule has 0 unspecified atom stereocenters. The van der Waals surface area contributed by atoms with Gasteiger partial charge in [-0.2, -0.15) is 0 Å². The number of aromatic nitrogens is 1. The van der Waals surface area contributed by atoms with Crippen LogP contribution in [-0.2, 0) is 11.2 Å². The fourth-order valence-corrected chi connectivity index (χ4v) is 2.35. The van der Waals surface area contributed by atoms with Gasteiger partial charge in [-0.15, -0.1) is 0 Å². The fraction of sp³-hybridized carbons (Fsp3) is 0.692. The second-order valence-corrected chi connectivity index (χ2v) is 4.77. The smallest absolute Gasteiger partial charge is 0.303 e. The first-order chi connectivity index (χ1) is 8.69. The Hall–Kier alpha value is -1.36. The molecule has 1 aliphatic rings. The van der Waals surface area contributed by atoms with E-state index in [0.29, 0.717) is 18.1 Å². The molecule has 5 heteroatoms. The van der Waals surface area contributed by atoms with Crippen LogP contribution in [0, 0.1) is 0 Å². The molecule has 0 amide bonds. The number of aryl methyl sites for hydroxylation is 1. The normalized spacial score (nSPS) is 18.1. The molecule has 1 aliphatic heterocycles. The van der Waals surface area contributed by atoms with Gasteiger partial charge in [-0.3, -0.25) is 4.79 Å². The van der Waals surface area contributed by atoms with Gasteiger partial charge in [0.1, 0.15) is 5.76 Å². The number of aliphatic carboxylic acids is 1. The van der Waals surface area contributed by atoms with Gasteiger partial charge in [0.2, 0.25) is 0 Å². The topological polar surface area (TPSA) is 66.6 Å². The molecule has 0 atom stereocenters. The predicted molar refractivity (Wildman–Crippen MR) is 66.5 cm³/mol. The summed E-state index contributed by atoms with van der Waals surface area (Å²) >= 11 is 0. The molecule has 2 rings (SSSR count). The number of piperidine rings is 1. The zero-order chi connectivity index (χ0) is 13.0. The van der Waals surface area contributed by atoms with Gasteiger partial charge in [-0.1, -0.05) is 6.92 Å². The summed E-state index contributed by atoms with van der Waals surface area (Å²) < 4.78 is 5.65. The van der Waals surface area contributed by atoms with Crippen molar-refractivity contribution in [3.63, 3.8) is 0 Å². The van der Waals surface area contributed by atoms with Crippen molar-refractivity contribution in [3.05, 3.63) is 17.8 Å². The minimum Gasteiger partial charge on any atom is -0.481 e. The minimum atomic E-state index is -0.802. The second kappa shape index (κ2) is 6.00. The number of carboxylic acids is 1. The van der Waals surface area contributed by atoms with Gasteiger partial charge in [-0.25, -0.2) is 4.98 Å². The molecule has 2 heterocycles. The standard InChI is InChI=1S/C13H20N2O3/c1-2-15-7-5-10(6-8-15)13-14-9-11(18-13)3-4-12(16)17/h9-10H,2-8H2,1H3,(H,16,17). The van der Waals surface area contributed by atoms with E-state index in [1.54, 1.807) is 6.20 Å². The Balaban J connectivity index is 1.88. The number of nitrogens with zero attached hydrogens (tertiary/aromatic N) is 2. The third-order valence-electron chi connectivity index (χ3n) is 3.54. The maximum absolute atomic E-state index is 10.5. The molecule has 0 aromatic carbocycles. The molecule has 0 bridgehead atoms. The quantitative estimate of drug-likeness (QED) is 0.866. The largest absolute Gasteiger partial charge is 0.481 e. The molecule has 1 aromatic rings. The number of carbonyl (C=O) groups is 1. The first kappa shape index (κ1) is 13.1. The van der Waals surface area contributed by atoms with Crippen LogP contribution in [0.3, 0.4) is 0 Å². The van der Waals surface area contributed by atoms with Gasteiger partial charge in [0.05, 0.1) is 12.6 Å². The van der Waals surface area contributed by atoms with Crippen LogP contribution in [0.1, 0.15) is 43.8 Å². The van der Waals surface area contributed by atoms with Crippen molar-refractivity contribution in [1.29, 1.82) is 0 Å². The maximum Gasteiger partial charge on any atom is 0.303 e. The molecule has 1 aromatic heterocycles. The number of rotatable bonds is 5. The lowest BCUT2D eigenvalue weighted by atomic mass is 9.97. The maximum atomic E-state index is 10.5. The van der Waals surface area contributed by atoms with Gasteiger partial charge in [-0.05, 0) is 32.5 Å². The van der Waals surface area contributed by atoms with Crippen LogP contribution in [0.5, 0.6) is 0 Å². The molecule has 0 radical (unpaired) electrons. The highest BCUT2D eigenvalue weighted by molar-refractivity contribution is 5.66. The SMILES string of the molecule is CCN1CCC(c2ncc(CCC(=O)O)o2)CC1. The first-order valence-electron chi connectivity index (χ1n) is 6.57. The molecular formula is C13H20N2O3. The van der Waals surface area contributed by atoms with E-state index in [0.717, 1.165) is 38.4 Å². The van der Waals surface area contributed by atoms with Crippen LogP contribution in [0.15, 0.2) is 10.6 Å². The van der Waals surface area contributed by atoms with Gasteiger partial charge in [0.25, 0.3) is 0 Å². The van der Waals surface area contributed by atoms with Crippen LogP contribution >= 0.6 is 0 Å². The van der Waals surface area contributed by atoms with Crippen LogP contribution in [0.25, 0.3) is 0 Å². The lowest BCUT2D eigenvalue weighted by Gasteiger charge is -2.29. The highest BCUT2D eigenvalue weighted by atomic mass is 16.4. The van der Waals surface area contributed by atoms with Crippen molar-refractivity contribution in [3.8, 4) is 0 Å². The monoisotopic (exact) mass is 252 g/mol. The Morgan fingerprint density at radius 2 is 2.28 bits per heavy atom. The third-order valence-corrected chi connectivity index (χ3v) is 3.54. The average Bonchev–Trinajstić information content (AvgIpc) is 2.85. The summed E-state index contributed by atoms with van der Waals surface area (Å²) in [6.07, 6.45) is 4.35. The summed E-state index contributed by atoms with van der Waals surface area (Å²) in [6.45, 7) is 5.46. The Kier molecular flexibility index (Phi) is 4.36. The number of oxazole rings is 1. The predicted octanol–water partition coefficient (Wildman–Crippen LogP) is 1.89. The molecule has 18 heavy (non-hydrogen) atoms.